The van der Waals surface area contributed by atoms with Gasteiger partial charge in [-0.05, 0) is 19.4 Å². The first kappa shape index (κ1) is 12.7. The highest BCUT2D eigenvalue weighted by Gasteiger charge is 2.14. The second-order valence-corrected chi connectivity index (χ2v) is 5.58. The van der Waals surface area contributed by atoms with Crippen molar-refractivity contribution in [3.63, 3.8) is 0 Å². The highest BCUT2D eigenvalue weighted by atomic mass is 32.2. The first-order valence-corrected chi connectivity index (χ1v) is 7.34. The van der Waals surface area contributed by atoms with Crippen molar-refractivity contribution in [1.29, 1.82) is 0 Å². The van der Waals surface area contributed by atoms with Gasteiger partial charge in [0, 0.05) is 5.56 Å². The minimum absolute atomic E-state index is 0.238. The summed E-state index contributed by atoms with van der Waals surface area (Å²) in [4.78, 5) is 11.9. The fraction of sp³-hybridized carbons (Fsp3) is 0.500. The van der Waals surface area contributed by atoms with Crippen LogP contribution in [-0.4, -0.2) is 23.5 Å². The van der Waals surface area contributed by atoms with E-state index in [1.807, 2.05) is 30.3 Å². The third kappa shape index (κ3) is 4.17. The van der Waals surface area contributed by atoms with E-state index in [9.17, 15) is 4.79 Å². The molecule has 0 saturated carbocycles. The lowest BCUT2D eigenvalue weighted by molar-refractivity contribution is 0.102. The summed E-state index contributed by atoms with van der Waals surface area (Å²) in [5.74, 6) is 0.823. The number of Topliss-reactive ketones (excluding diaryl/α,β-unsaturated/α-hetero) is 1. The number of hydrogen-bond donors (Lipinski definition) is 1. The van der Waals surface area contributed by atoms with Crippen molar-refractivity contribution in [2.75, 3.05) is 12.3 Å². The maximum Gasteiger partial charge on any atom is 0.172 e. The Bertz CT molecular complexity index is 344. The summed E-state index contributed by atoms with van der Waals surface area (Å²) in [6.45, 7) is 1.09. The van der Waals surface area contributed by atoms with Crippen LogP contribution in [0.25, 0.3) is 0 Å². The molecule has 1 aliphatic rings. The summed E-state index contributed by atoms with van der Waals surface area (Å²) in [7, 11) is 0. The van der Waals surface area contributed by atoms with E-state index in [1.54, 1.807) is 11.8 Å². The molecule has 1 saturated heterocycles. The summed E-state index contributed by atoms with van der Waals surface area (Å²) in [5, 5.41) is 3.96. The molecule has 1 aromatic carbocycles. The van der Waals surface area contributed by atoms with Crippen LogP contribution in [0.15, 0.2) is 30.3 Å². The van der Waals surface area contributed by atoms with Gasteiger partial charge in [-0.1, -0.05) is 43.2 Å². The highest BCUT2D eigenvalue weighted by Crippen LogP contribution is 2.19. The zero-order valence-corrected chi connectivity index (χ0v) is 10.8. The molecular weight excluding hydrogens is 230 g/mol. The average molecular weight is 249 g/mol. The van der Waals surface area contributed by atoms with Crippen molar-refractivity contribution in [2.45, 2.75) is 31.1 Å². The van der Waals surface area contributed by atoms with Gasteiger partial charge in [0.2, 0.25) is 0 Å². The van der Waals surface area contributed by atoms with Crippen molar-refractivity contribution < 1.29 is 4.79 Å². The minimum Gasteiger partial charge on any atom is -0.305 e. The highest BCUT2D eigenvalue weighted by molar-refractivity contribution is 8.00. The van der Waals surface area contributed by atoms with Crippen LogP contribution in [0, 0.1) is 0 Å². The molecule has 2 rings (SSSR count). The average Bonchev–Trinajstić information content (AvgIpc) is 2.65. The fourth-order valence-electron chi connectivity index (χ4n) is 2.02. The van der Waals surface area contributed by atoms with E-state index in [4.69, 9.17) is 0 Å². The lowest BCUT2D eigenvalue weighted by Gasteiger charge is -2.14. The second-order valence-electron chi connectivity index (χ2n) is 4.39. The Labute approximate surface area is 107 Å². The van der Waals surface area contributed by atoms with E-state index in [2.05, 4.69) is 5.32 Å². The van der Waals surface area contributed by atoms with Gasteiger partial charge in [-0.2, -0.15) is 0 Å². The number of thioether (sulfide) groups is 1. The lowest BCUT2D eigenvalue weighted by atomic mass is 10.2. The molecule has 1 atom stereocenters. The summed E-state index contributed by atoms with van der Waals surface area (Å²) in [6, 6.07) is 9.56. The van der Waals surface area contributed by atoms with Crippen molar-refractivity contribution in [3.05, 3.63) is 35.9 Å². The van der Waals surface area contributed by atoms with Gasteiger partial charge in [0.1, 0.15) is 0 Å². The molecule has 17 heavy (non-hydrogen) atoms. The van der Waals surface area contributed by atoms with E-state index in [1.165, 1.54) is 25.7 Å². The van der Waals surface area contributed by atoms with Crippen LogP contribution in [-0.2, 0) is 0 Å². The normalized spacial score (nSPS) is 20.8. The Morgan fingerprint density at radius 3 is 2.88 bits per heavy atom. The Kier molecular flexibility index (Phi) is 5.08. The van der Waals surface area contributed by atoms with Gasteiger partial charge in [-0.3, -0.25) is 4.79 Å². The standard InChI is InChI=1S/C14H19NOS/c16-13(12-7-3-1-4-8-12)11-17-14-9-5-2-6-10-15-14/h1,3-4,7-8,14-15H,2,5-6,9-11H2. The molecule has 1 N–H and O–H groups in total. The van der Waals surface area contributed by atoms with E-state index in [0.717, 1.165) is 12.1 Å². The third-order valence-corrected chi connectivity index (χ3v) is 4.26. The van der Waals surface area contributed by atoms with E-state index >= 15 is 0 Å². The zero-order chi connectivity index (χ0) is 11.9. The molecule has 2 nitrogen and oxygen atoms in total. The van der Waals surface area contributed by atoms with Crippen LogP contribution in [0.2, 0.25) is 0 Å². The summed E-state index contributed by atoms with van der Waals surface area (Å²) >= 11 is 1.75. The Morgan fingerprint density at radius 2 is 2.06 bits per heavy atom. The van der Waals surface area contributed by atoms with Gasteiger partial charge in [-0.15, -0.1) is 11.8 Å². The first-order chi connectivity index (χ1) is 8.36. The van der Waals surface area contributed by atoms with Gasteiger partial charge in [0.05, 0.1) is 11.1 Å². The van der Waals surface area contributed by atoms with Gasteiger partial charge < -0.3 is 5.32 Å². The number of nitrogens with one attached hydrogen (secondary N) is 1. The monoisotopic (exact) mass is 249 g/mol. The predicted octanol–water partition coefficient (Wildman–Crippen LogP) is 3.09. The Hall–Kier alpha value is -0.800. The number of ketones is 1. The topological polar surface area (TPSA) is 29.1 Å². The molecular formula is C14H19NOS. The Morgan fingerprint density at radius 1 is 1.24 bits per heavy atom. The van der Waals surface area contributed by atoms with Gasteiger partial charge in [-0.25, -0.2) is 0 Å². The molecule has 1 aromatic rings. The molecule has 0 bridgehead atoms. The number of carbonyl (C=O) groups excluding carboxylic acids is 1. The third-order valence-electron chi connectivity index (χ3n) is 3.03. The summed E-state index contributed by atoms with van der Waals surface area (Å²) in [6.07, 6.45) is 5.05. The van der Waals surface area contributed by atoms with Gasteiger partial charge >= 0.3 is 0 Å². The van der Waals surface area contributed by atoms with E-state index in [-0.39, 0.29) is 5.78 Å². The lowest BCUT2D eigenvalue weighted by Crippen LogP contribution is -2.26. The maximum atomic E-state index is 11.9. The maximum absolute atomic E-state index is 11.9. The number of benzene rings is 1. The SMILES string of the molecule is O=C(CSC1CCCCCN1)c1ccccc1. The summed E-state index contributed by atoms with van der Waals surface area (Å²) < 4.78 is 0. The second kappa shape index (κ2) is 6.82. The molecule has 0 aliphatic carbocycles. The smallest absolute Gasteiger partial charge is 0.172 e. The molecule has 0 aromatic heterocycles. The van der Waals surface area contributed by atoms with Crippen molar-refractivity contribution >= 4 is 17.5 Å². The van der Waals surface area contributed by atoms with Crippen molar-refractivity contribution in [2.24, 2.45) is 0 Å². The fourth-order valence-corrected chi connectivity index (χ4v) is 3.11. The quantitative estimate of drug-likeness (QED) is 0.831. The van der Waals surface area contributed by atoms with Crippen LogP contribution in [0.4, 0.5) is 0 Å². The van der Waals surface area contributed by atoms with Gasteiger partial charge in [0.15, 0.2) is 5.78 Å². The van der Waals surface area contributed by atoms with Crippen molar-refractivity contribution in [1.82, 2.24) is 5.32 Å². The molecule has 0 spiro atoms. The molecule has 0 radical (unpaired) electrons. The zero-order valence-electron chi connectivity index (χ0n) is 10.0. The molecule has 3 heteroatoms. The van der Waals surface area contributed by atoms with Crippen LogP contribution in [0.3, 0.4) is 0 Å². The van der Waals surface area contributed by atoms with E-state index < -0.39 is 0 Å². The summed E-state index contributed by atoms with van der Waals surface area (Å²) in [5.41, 5.74) is 0.827. The van der Waals surface area contributed by atoms with Crippen LogP contribution >= 0.6 is 11.8 Å². The molecule has 1 fully saturated rings. The number of hydrogen-bond acceptors (Lipinski definition) is 3. The first-order valence-electron chi connectivity index (χ1n) is 6.29. The number of carbonyl (C=O) groups is 1. The predicted molar refractivity (Wildman–Crippen MR) is 73.5 cm³/mol. The Balaban J connectivity index is 1.79. The van der Waals surface area contributed by atoms with Gasteiger partial charge in [0.25, 0.3) is 0 Å². The van der Waals surface area contributed by atoms with Crippen LogP contribution < -0.4 is 5.32 Å². The van der Waals surface area contributed by atoms with Crippen molar-refractivity contribution in [3.8, 4) is 0 Å². The largest absolute Gasteiger partial charge is 0.305 e. The van der Waals surface area contributed by atoms with Crippen LogP contribution in [0.5, 0.6) is 0 Å². The molecule has 1 aliphatic heterocycles. The molecule has 92 valence electrons. The molecule has 1 unspecified atom stereocenters. The molecule has 0 amide bonds. The number of rotatable bonds is 4. The van der Waals surface area contributed by atoms with Crippen LogP contribution in [0.1, 0.15) is 36.0 Å². The minimum atomic E-state index is 0.238. The molecule has 1 heterocycles. The van der Waals surface area contributed by atoms with E-state index in [0.29, 0.717) is 11.1 Å².